The summed E-state index contributed by atoms with van der Waals surface area (Å²) in [4.78, 5) is 43.0. The third-order valence-corrected chi connectivity index (χ3v) is 4.34. The number of nitrogens with one attached hydrogen (secondary N) is 1. The normalized spacial score (nSPS) is 21.3. The predicted octanol–water partition coefficient (Wildman–Crippen LogP) is 0.728. The van der Waals surface area contributed by atoms with Gasteiger partial charge in [0.15, 0.2) is 0 Å². The molecular weight excluding hydrogens is 296 g/mol. The van der Waals surface area contributed by atoms with E-state index in [9.17, 15) is 14.4 Å². The molecule has 0 aromatic carbocycles. The van der Waals surface area contributed by atoms with E-state index in [1.807, 2.05) is 19.1 Å². The molecule has 2 fully saturated rings. The van der Waals surface area contributed by atoms with Crippen molar-refractivity contribution in [3.8, 4) is 0 Å². The van der Waals surface area contributed by atoms with Crippen LogP contribution in [0.3, 0.4) is 0 Å². The zero-order valence-electron chi connectivity index (χ0n) is 13.1. The summed E-state index contributed by atoms with van der Waals surface area (Å²) in [7, 11) is 0. The average molecular weight is 316 g/mol. The molecule has 1 aromatic heterocycles. The lowest BCUT2D eigenvalue weighted by Crippen LogP contribution is -2.50. The molecule has 23 heavy (non-hydrogen) atoms. The number of aromatic nitrogens is 1. The summed E-state index contributed by atoms with van der Waals surface area (Å²) in [6.07, 6.45) is 4.23. The minimum absolute atomic E-state index is 0.0356. The molecule has 0 radical (unpaired) electrons. The molecule has 7 nitrogen and oxygen atoms in total. The highest BCUT2D eigenvalue weighted by molar-refractivity contribution is 6.05. The Labute approximate surface area is 134 Å². The van der Waals surface area contributed by atoms with Crippen LogP contribution in [0.15, 0.2) is 24.5 Å². The second-order valence-corrected chi connectivity index (χ2v) is 5.97. The molecular formula is C16H20N4O3. The van der Waals surface area contributed by atoms with Crippen LogP contribution in [0.1, 0.15) is 31.2 Å². The number of urea groups is 1. The Morgan fingerprint density at radius 2 is 2.00 bits per heavy atom. The van der Waals surface area contributed by atoms with Crippen LogP contribution in [-0.2, 0) is 9.59 Å². The minimum Gasteiger partial charge on any atom is -0.341 e. The van der Waals surface area contributed by atoms with Crippen molar-refractivity contribution in [3.63, 3.8) is 0 Å². The molecule has 0 aliphatic carbocycles. The zero-order chi connectivity index (χ0) is 16.4. The van der Waals surface area contributed by atoms with E-state index in [1.165, 1.54) is 10.5 Å². The Morgan fingerprint density at radius 3 is 2.65 bits per heavy atom. The van der Waals surface area contributed by atoms with Gasteiger partial charge >= 0.3 is 6.03 Å². The molecule has 0 unspecified atom stereocenters. The highest BCUT2D eigenvalue weighted by Crippen LogP contribution is 2.27. The van der Waals surface area contributed by atoms with Crippen molar-refractivity contribution in [2.24, 2.45) is 0 Å². The number of amides is 4. The van der Waals surface area contributed by atoms with E-state index < -0.39 is 12.1 Å². The van der Waals surface area contributed by atoms with E-state index >= 15 is 0 Å². The van der Waals surface area contributed by atoms with E-state index in [4.69, 9.17) is 0 Å². The molecule has 1 aromatic rings. The monoisotopic (exact) mass is 316 g/mol. The summed E-state index contributed by atoms with van der Waals surface area (Å²) >= 11 is 0. The number of carbonyl (C=O) groups is 3. The van der Waals surface area contributed by atoms with Gasteiger partial charge in [-0.2, -0.15) is 0 Å². The number of likely N-dealkylation sites (tertiary alicyclic amines) is 1. The smallest absolute Gasteiger partial charge is 0.324 e. The first-order valence-corrected chi connectivity index (χ1v) is 7.89. The van der Waals surface area contributed by atoms with E-state index in [-0.39, 0.29) is 18.2 Å². The van der Waals surface area contributed by atoms with Gasteiger partial charge in [-0.25, -0.2) is 4.79 Å². The fraction of sp³-hybridized carbons (Fsp3) is 0.500. The maximum Gasteiger partial charge on any atom is 0.324 e. The molecule has 122 valence electrons. The van der Waals surface area contributed by atoms with Crippen LogP contribution < -0.4 is 5.32 Å². The average Bonchev–Trinajstić information content (AvgIpc) is 2.75. The largest absolute Gasteiger partial charge is 0.341 e. The Hall–Kier alpha value is -2.44. The standard InChI is InChI=1S/C16H20N4O3/c1-2-7-20-15(22)13(18-16(20)23)8-14(21)19-9-12(10-19)11-3-5-17-6-4-11/h3-6,12-13H,2,7-10H2,1H3,(H,18,23)/t13-/m1/s1. The van der Waals surface area contributed by atoms with E-state index in [1.54, 1.807) is 17.3 Å². The van der Waals surface area contributed by atoms with Gasteiger partial charge in [-0.15, -0.1) is 0 Å². The molecule has 2 aliphatic heterocycles. The predicted molar refractivity (Wildman–Crippen MR) is 82.5 cm³/mol. The Balaban J connectivity index is 1.51. The second-order valence-electron chi connectivity index (χ2n) is 5.97. The van der Waals surface area contributed by atoms with Crippen molar-refractivity contribution in [2.45, 2.75) is 31.7 Å². The van der Waals surface area contributed by atoms with Gasteiger partial charge in [-0.1, -0.05) is 6.92 Å². The van der Waals surface area contributed by atoms with Gasteiger partial charge < -0.3 is 10.2 Å². The lowest BCUT2D eigenvalue weighted by Gasteiger charge is -2.40. The number of imide groups is 1. The van der Waals surface area contributed by atoms with E-state index in [2.05, 4.69) is 10.3 Å². The van der Waals surface area contributed by atoms with Crippen molar-refractivity contribution in [3.05, 3.63) is 30.1 Å². The van der Waals surface area contributed by atoms with Crippen LogP contribution in [0.2, 0.25) is 0 Å². The lowest BCUT2D eigenvalue weighted by molar-refractivity contribution is -0.139. The first-order valence-electron chi connectivity index (χ1n) is 7.89. The summed E-state index contributed by atoms with van der Waals surface area (Å²) in [5.74, 6) is -0.0591. The van der Waals surface area contributed by atoms with Crippen molar-refractivity contribution >= 4 is 17.8 Å². The van der Waals surface area contributed by atoms with Crippen molar-refractivity contribution in [1.29, 1.82) is 0 Å². The van der Waals surface area contributed by atoms with Crippen LogP contribution in [0, 0.1) is 0 Å². The molecule has 2 aliphatic rings. The molecule has 1 N–H and O–H groups in total. The topological polar surface area (TPSA) is 82.6 Å². The molecule has 0 spiro atoms. The van der Waals surface area contributed by atoms with Crippen LogP contribution in [0.5, 0.6) is 0 Å². The molecule has 0 bridgehead atoms. The number of nitrogens with zero attached hydrogens (tertiary/aromatic N) is 3. The summed E-state index contributed by atoms with van der Waals surface area (Å²) < 4.78 is 0. The quantitative estimate of drug-likeness (QED) is 0.812. The van der Waals surface area contributed by atoms with Gasteiger partial charge in [0.05, 0.1) is 6.42 Å². The van der Waals surface area contributed by atoms with Gasteiger partial charge in [0.2, 0.25) is 5.91 Å². The Kier molecular flexibility index (Phi) is 4.27. The van der Waals surface area contributed by atoms with Gasteiger partial charge in [-0.3, -0.25) is 19.5 Å². The van der Waals surface area contributed by atoms with Crippen molar-refractivity contribution < 1.29 is 14.4 Å². The molecule has 3 rings (SSSR count). The molecule has 7 heteroatoms. The van der Waals surface area contributed by atoms with Crippen molar-refractivity contribution in [2.75, 3.05) is 19.6 Å². The third kappa shape index (κ3) is 3.04. The summed E-state index contributed by atoms with van der Waals surface area (Å²) in [6, 6.07) is 2.79. The van der Waals surface area contributed by atoms with Crippen LogP contribution >= 0.6 is 0 Å². The van der Waals surface area contributed by atoms with Gasteiger partial charge in [0.25, 0.3) is 5.91 Å². The number of carbonyl (C=O) groups excluding carboxylic acids is 3. The lowest BCUT2D eigenvalue weighted by atomic mass is 9.91. The van der Waals surface area contributed by atoms with Gasteiger partial charge in [-0.05, 0) is 24.1 Å². The highest BCUT2D eigenvalue weighted by Gasteiger charge is 2.40. The first kappa shape index (κ1) is 15.5. The number of hydrogen-bond donors (Lipinski definition) is 1. The fourth-order valence-corrected chi connectivity index (χ4v) is 2.98. The van der Waals surface area contributed by atoms with Crippen LogP contribution in [-0.4, -0.2) is 58.3 Å². The maximum absolute atomic E-state index is 12.3. The van der Waals surface area contributed by atoms with Crippen LogP contribution in [0.25, 0.3) is 0 Å². The molecule has 4 amide bonds. The second kappa shape index (κ2) is 6.36. The number of pyridine rings is 1. The summed E-state index contributed by atoms with van der Waals surface area (Å²) in [5, 5.41) is 2.60. The number of rotatable bonds is 5. The van der Waals surface area contributed by atoms with Gasteiger partial charge in [0.1, 0.15) is 6.04 Å². The Morgan fingerprint density at radius 1 is 1.30 bits per heavy atom. The fourth-order valence-electron chi connectivity index (χ4n) is 2.98. The molecule has 1 atom stereocenters. The molecule has 0 saturated carbocycles. The molecule has 3 heterocycles. The third-order valence-electron chi connectivity index (χ3n) is 4.34. The highest BCUT2D eigenvalue weighted by atomic mass is 16.2. The minimum atomic E-state index is -0.721. The van der Waals surface area contributed by atoms with E-state index in [0.717, 1.165) is 0 Å². The maximum atomic E-state index is 12.3. The summed E-state index contributed by atoms with van der Waals surface area (Å²) in [6.45, 7) is 3.59. The SMILES string of the molecule is CCCN1C(=O)N[C@H](CC(=O)N2CC(c3ccncc3)C2)C1=O. The first-order chi connectivity index (χ1) is 11.1. The Bertz CT molecular complexity index is 613. The number of hydrogen-bond acceptors (Lipinski definition) is 4. The van der Waals surface area contributed by atoms with Crippen LogP contribution in [0.4, 0.5) is 4.79 Å². The van der Waals surface area contributed by atoms with Gasteiger partial charge in [0, 0.05) is 37.9 Å². The van der Waals surface area contributed by atoms with E-state index in [0.29, 0.717) is 32.0 Å². The summed E-state index contributed by atoms with van der Waals surface area (Å²) in [5.41, 5.74) is 1.17. The zero-order valence-corrected chi connectivity index (χ0v) is 13.1. The molecule has 2 saturated heterocycles. The van der Waals surface area contributed by atoms with Crippen molar-refractivity contribution in [1.82, 2.24) is 20.1 Å².